The Hall–Kier alpha value is -2.61. The third kappa shape index (κ3) is 3.68. The Morgan fingerprint density at radius 2 is 1.88 bits per heavy atom. The van der Waals surface area contributed by atoms with Crippen LogP contribution in [0.1, 0.15) is 60.3 Å². The molecule has 3 aromatic heterocycles. The van der Waals surface area contributed by atoms with Crippen LogP contribution in [-0.2, 0) is 6.42 Å². The molecule has 1 aliphatic carbocycles. The third-order valence-corrected chi connectivity index (χ3v) is 7.77. The highest BCUT2D eigenvalue weighted by atomic mass is 35.5. The molecular formula is C25H29ClN6O. The standard InChI is InChI=1S/C25H29ClN6O/c1-14-20(26)18(6-10-28-14)21-15(2)30-24(22(31-21)16(3)33)32-11-7-25(8-12-32)13-19-17(23(25)27)5-4-9-29-19/h4-6,9-10,16,23,33H,7-8,11-13,27H2,1-3H3/t16?,23-/m1/s1. The van der Waals surface area contributed by atoms with Crippen LogP contribution in [0.5, 0.6) is 0 Å². The Kier molecular flexibility index (Phi) is 5.59. The molecule has 8 heteroatoms. The summed E-state index contributed by atoms with van der Waals surface area (Å²) in [5.41, 5.74) is 12.6. The van der Waals surface area contributed by atoms with E-state index in [1.807, 2.05) is 32.2 Å². The number of aliphatic hydroxyl groups excluding tert-OH is 1. The van der Waals surface area contributed by atoms with Crippen molar-refractivity contribution in [2.45, 2.75) is 52.2 Å². The maximum absolute atomic E-state index is 10.6. The lowest BCUT2D eigenvalue weighted by molar-refractivity contribution is 0.182. The first kappa shape index (κ1) is 22.2. The van der Waals surface area contributed by atoms with Gasteiger partial charge in [0.15, 0.2) is 5.82 Å². The van der Waals surface area contributed by atoms with Gasteiger partial charge in [0, 0.05) is 42.8 Å². The van der Waals surface area contributed by atoms with Gasteiger partial charge in [0.2, 0.25) is 0 Å². The summed E-state index contributed by atoms with van der Waals surface area (Å²) in [4.78, 5) is 20.8. The first-order valence-electron chi connectivity index (χ1n) is 11.4. The second-order valence-electron chi connectivity index (χ2n) is 9.34. The zero-order chi connectivity index (χ0) is 23.3. The number of nitrogens with two attached hydrogens (primary N) is 1. The van der Waals surface area contributed by atoms with E-state index in [0.29, 0.717) is 16.4 Å². The van der Waals surface area contributed by atoms with Crippen LogP contribution < -0.4 is 10.6 Å². The number of hydrogen-bond donors (Lipinski definition) is 2. The summed E-state index contributed by atoms with van der Waals surface area (Å²) in [7, 11) is 0. The molecule has 1 spiro atoms. The van der Waals surface area contributed by atoms with Crippen LogP contribution in [0.15, 0.2) is 30.6 Å². The molecule has 0 saturated carbocycles. The van der Waals surface area contributed by atoms with Crippen molar-refractivity contribution in [3.05, 3.63) is 64.0 Å². The maximum Gasteiger partial charge on any atom is 0.153 e. The first-order chi connectivity index (χ1) is 15.8. The summed E-state index contributed by atoms with van der Waals surface area (Å²) in [5.74, 6) is 0.741. The van der Waals surface area contributed by atoms with Crippen LogP contribution in [0.3, 0.4) is 0 Å². The predicted molar refractivity (Wildman–Crippen MR) is 129 cm³/mol. The number of aliphatic hydroxyl groups is 1. The van der Waals surface area contributed by atoms with E-state index in [0.717, 1.165) is 60.8 Å². The van der Waals surface area contributed by atoms with E-state index in [4.69, 9.17) is 27.3 Å². The molecule has 3 aromatic rings. The van der Waals surface area contributed by atoms with E-state index in [1.54, 1.807) is 13.1 Å². The summed E-state index contributed by atoms with van der Waals surface area (Å²) < 4.78 is 0. The van der Waals surface area contributed by atoms with Crippen molar-refractivity contribution >= 4 is 17.4 Å². The number of piperidine rings is 1. The molecule has 0 radical (unpaired) electrons. The van der Waals surface area contributed by atoms with E-state index >= 15 is 0 Å². The highest BCUT2D eigenvalue weighted by molar-refractivity contribution is 6.33. The van der Waals surface area contributed by atoms with Gasteiger partial charge in [0.05, 0.1) is 28.2 Å². The molecule has 0 bridgehead atoms. The van der Waals surface area contributed by atoms with Crippen LogP contribution in [0.2, 0.25) is 5.02 Å². The van der Waals surface area contributed by atoms with Gasteiger partial charge in [-0.1, -0.05) is 17.7 Å². The molecule has 33 heavy (non-hydrogen) atoms. The summed E-state index contributed by atoms with van der Waals surface area (Å²) in [6.07, 6.45) is 5.63. The van der Waals surface area contributed by atoms with E-state index in [2.05, 4.69) is 20.9 Å². The summed E-state index contributed by atoms with van der Waals surface area (Å²) in [5, 5.41) is 11.1. The number of aromatic nitrogens is 4. The van der Waals surface area contributed by atoms with Crippen LogP contribution in [0.4, 0.5) is 5.82 Å². The molecule has 1 aliphatic heterocycles. The zero-order valence-corrected chi connectivity index (χ0v) is 20.0. The summed E-state index contributed by atoms with van der Waals surface area (Å²) >= 11 is 6.52. The summed E-state index contributed by atoms with van der Waals surface area (Å²) in [6, 6.07) is 5.93. The molecule has 0 amide bonds. The topological polar surface area (TPSA) is 101 Å². The van der Waals surface area contributed by atoms with Gasteiger partial charge in [-0.05, 0) is 63.1 Å². The number of anilines is 1. The van der Waals surface area contributed by atoms with Gasteiger partial charge in [-0.3, -0.25) is 9.97 Å². The molecule has 1 fully saturated rings. The fourth-order valence-electron chi connectivity index (χ4n) is 5.33. The van der Waals surface area contributed by atoms with E-state index in [1.165, 1.54) is 5.56 Å². The first-order valence-corrected chi connectivity index (χ1v) is 11.8. The van der Waals surface area contributed by atoms with Gasteiger partial charge in [-0.15, -0.1) is 0 Å². The second kappa shape index (κ2) is 8.31. The Balaban J connectivity index is 1.45. The van der Waals surface area contributed by atoms with Crippen molar-refractivity contribution in [3.63, 3.8) is 0 Å². The van der Waals surface area contributed by atoms with Gasteiger partial charge in [0.25, 0.3) is 0 Å². The van der Waals surface area contributed by atoms with Crippen molar-refractivity contribution in [2.24, 2.45) is 11.1 Å². The monoisotopic (exact) mass is 464 g/mol. The third-order valence-electron chi connectivity index (χ3n) is 7.29. The largest absolute Gasteiger partial charge is 0.387 e. The number of pyridine rings is 2. The van der Waals surface area contributed by atoms with Gasteiger partial charge in [-0.25, -0.2) is 9.97 Å². The molecule has 7 nitrogen and oxygen atoms in total. The lowest BCUT2D eigenvalue weighted by atomic mass is 9.73. The lowest BCUT2D eigenvalue weighted by Gasteiger charge is -2.43. The average Bonchev–Trinajstić information content (AvgIpc) is 3.07. The lowest BCUT2D eigenvalue weighted by Crippen LogP contribution is -2.45. The van der Waals surface area contributed by atoms with Crippen LogP contribution in [0.25, 0.3) is 11.3 Å². The molecule has 0 aromatic carbocycles. The Morgan fingerprint density at radius 3 is 2.58 bits per heavy atom. The second-order valence-corrected chi connectivity index (χ2v) is 9.72. The Bertz CT molecular complexity index is 1210. The van der Waals surface area contributed by atoms with Crippen molar-refractivity contribution in [3.8, 4) is 11.3 Å². The smallest absolute Gasteiger partial charge is 0.153 e. The molecule has 1 unspecified atom stereocenters. The quantitative estimate of drug-likeness (QED) is 0.601. The van der Waals surface area contributed by atoms with Crippen LogP contribution in [-0.4, -0.2) is 38.1 Å². The van der Waals surface area contributed by atoms with Crippen molar-refractivity contribution in [2.75, 3.05) is 18.0 Å². The van der Waals surface area contributed by atoms with Crippen molar-refractivity contribution < 1.29 is 5.11 Å². The molecule has 5 rings (SSSR count). The summed E-state index contributed by atoms with van der Waals surface area (Å²) in [6.45, 7) is 7.15. The maximum atomic E-state index is 10.6. The fourth-order valence-corrected chi connectivity index (χ4v) is 5.53. The molecule has 4 heterocycles. The number of rotatable bonds is 3. The number of hydrogen-bond acceptors (Lipinski definition) is 7. The average molecular weight is 465 g/mol. The fraction of sp³-hybridized carbons (Fsp3) is 0.440. The minimum atomic E-state index is -0.758. The van der Waals surface area contributed by atoms with E-state index in [-0.39, 0.29) is 11.5 Å². The van der Waals surface area contributed by atoms with E-state index in [9.17, 15) is 5.11 Å². The molecule has 1 saturated heterocycles. The molecule has 3 N–H and O–H groups in total. The predicted octanol–water partition coefficient (Wildman–Crippen LogP) is 4.10. The van der Waals surface area contributed by atoms with Crippen molar-refractivity contribution in [1.82, 2.24) is 19.9 Å². The van der Waals surface area contributed by atoms with Gasteiger partial charge in [0.1, 0.15) is 5.69 Å². The SMILES string of the molecule is Cc1nc(N2CCC3(CC2)Cc2ncccc2[C@H]3N)c(C(C)O)nc1-c1ccnc(C)c1Cl. The zero-order valence-electron chi connectivity index (χ0n) is 19.2. The molecular weight excluding hydrogens is 436 g/mol. The number of aryl methyl sites for hydroxylation is 2. The minimum absolute atomic E-state index is 0.00635. The van der Waals surface area contributed by atoms with Gasteiger partial charge in [-0.2, -0.15) is 0 Å². The number of fused-ring (bicyclic) bond motifs is 1. The number of nitrogens with zero attached hydrogens (tertiary/aromatic N) is 5. The normalized spacial score (nSPS) is 20.2. The highest BCUT2D eigenvalue weighted by Gasteiger charge is 2.47. The Morgan fingerprint density at radius 1 is 1.12 bits per heavy atom. The van der Waals surface area contributed by atoms with Crippen LogP contribution >= 0.6 is 11.6 Å². The van der Waals surface area contributed by atoms with Gasteiger partial charge >= 0.3 is 0 Å². The molecule has 2 atom stereocenters. The van der Waals surface area contributed by atoms with Crippen LogP contribution in [0, 0.1) is 19.3 Å². The molecule has 2 aliphatic rings. The van der Waals surface area contributed by atoms with Gasteiger partial charge < -0.3 is 15.7 Å². The highest BCUT2D eigenvalue weighted by Crippen LogP contribution is 2.50. The molecule has 172 valence electrons. The van der Waals surface area contributed by atoms with E-state index < -0.39 is 6.10 Å². The number of halogens is 1. The Labute approximate surface area is 199 Å². The minimum Gasteiger partial charge on any atom is -0.387 e. The van der Waals surface area contributed by atoms with Crippen molar-refractivity contribution in [1.29, 1.82) is 0 Å².